The number of hydrogen-bond donors (Lipinski definition) is 3. The van der Waals surface area contributed by atoms with E-state index in [-0.39, 0.29) is 12.8 Å². The number of rotatable bonds is 6. The molecular formula is C17H18N2O6. The third kappa shape index (κ3) is 3.90. The van der Waals surface area contributed by atoms with Crippen molar-refractivity contribution in [3.63, 3.8) is 0 Å². The van der Waals surface area contributed by atoms with E-state index in [1.165, 1.54) is 0 Å². The van der Waals surface area contributed by atoms with E-state index in [0.717, 1.165) is 11.8 Å². The van der Waals surface area contributed by atoms with Crippen molar-refractivity contribution in [1.82, 2.24) is 4.98 Å². The highest BCUT2D eigenvalue weighted by Gasteiger charge is 2.21. The number of aliphatic carboxylic acids is 2. The molecule has 8 nitrogen and oxygen atoms in total. The zero-order chi connectivity index (χ0) is 17.8. The summed E-state index contributed by atoms with van der Waals surface area (Å²) in [4.78, 5) is 26.3. The topological polar surface area (TPSA) is 118 Å². The molecule has 1 aromatic heterocycles. The molecule has 0 bridgehead atoms. The molecule has 0 fully saturated rings. The third-order valence-corrected chi connectivity index (χ3v) is 3.89. The van der Waals surface area contributed by atoms with E-state index in [2.05, 4.69) is 10.3 Å². The van der Waals surface area contributed by atoms with Crippen molar-refractivity contribution in [1.29, 1.82) is 0 Å². The molecular weight excluding hydrogens is 328 g/mol. The molecule has 1 aliphatic rings. The van der Waals surface area contributed by atoms with E-state index < -0.39 is 18.0 Å². The molecule has 0 aliphatic carbocycles. The highest BCUT2D eigenvalue weighted by atomic mass is 16.5. The van der Waals surface area contributed by atoms with Crippen molar-refractivity contribution in [3.05, 3.63) is 24.4 Å². The number of anilines is 1. The normalized spacial score (nSPS) is 14.6. The summed E-state index contributed by atoms with van der Waals surface area (Å²) in [6, 6.07) is 4.34. The summed E-state index contributed by atoms with van der Waals surface area (Å²) in [5.41, 5.74) is 0. The summed E-state index contributed by atoms with van der Waals surface area (Å²) in [6.07, 6.45) is 2.05. The Morgan fingerprint density at radius 2 is 1.92 bits per heavy atom. The van der Waals surface area contributed by atoms with E-state index in [1.54, 1.807) is 18.3 Å². The fourth-order valence-corrected chi connectivity index (χ4v) is 2.63. The van der Waals surface area contributed by atoms with Gasteiger partial charge in [-0.3, -0.25) is 4.79 Å². The van der Waals surface area contributed by atoms with Gasteiger partial charge in [-0.25, -0.2) is 9.78 Å². The molecule has 1 aliphatic heterocycles. The van der Waals surface area contributed by atoms with Crippen molar-refractivity contribution in [2.45, 2.75) is 25.3 Å². The fraction of sp³-hybridized carbons (Fsp3) is 0.353. The largest absolute Gasteiger partial charge is 0.490 e. The van der Waals surface area contributed by atoms with Gasteiger partial charge in [0.05, 0.1) is 13.2 Å². The summed E-state index contributed by atoms with van der Waals surface area (Å²) in [5.74, 6) is -0.587. The van der Waals surface area contributed by atoms with Gasteiger partial charge in [0.1, 0.15) is 11.9 Å². The highest BCUT2D eigenvalue weighted by molar-refractivity contribution is 5.95. The van der Waals surface area contributed by atoms with Crippen LogP contribution < -0.4 is 14.8 Å². The lowest BCUT2D eigenvalue weighted by Gasteiger charge is -2.16. The predicted molar refractivity (Wildman–Crippen MR) is 89.3 cm³/mol. The minimum Gasteiger partial charge on any atom is -0.490 e. The molecule has 0 radical (unpaired) electrons. The van der Waals surface area contributed by atoms with Gasteiger partial charge in [0.15, 0.2) is 11.5 Å². The van der Waals surface area contributed by atoms with Crippen LogP contribution in [0.2, 0.25) is 0 Å². The Hall–Kier alpha value is -3.03. The first-order valence-electron chi connectivity index (χ1n) is 7.94. The summed E-state index contributed by atoms with van der Waals surface area (Å²) < 4.78 is 11.3. The van der Waals surface area contributed by atoms with E-state index >= 15 is 0 Å². The minimum atomic E-state index is -1.13. The quantitative estimate of drug-likeness (QED) is 0.728. The number of carbonyl (C=O) groups is 2. The molecule has 2 aromatic rings. The van der Waals surface area contributed by atoms with Crippen LogP contribution in [0.5, 0.6) is 11.5 Å². The highest BCUT2D eigenvalue weighted by Crippen LogP contribution is 2.36. The van der Waals surface area contributed by atoms with Gasteiger partial charge in [-0.1, -0.05) is 0 Å². The van der Waals surface area contributed by atoms with E-state index in [9.17, 15) is 14.7 Å². The molecule has 0 saturated carbocycles. The number of aromatic nitrogens is 1. The van der Waals surface area contributed by atoms with Crippen LogP contribution in [0.15, 0.2) is 24.4 Å². The molecule has 2 heterocycles. The Balaban J connectivity index is 1.93. The summed E-state index contributed by atoms with van der Waals surface area (Å²) in [5, 5.41) is 22.4. The average Bonchev–Trinajstić information content (AvgIpc) is 2.81. The predicted octanol–water partition coefficient (Wildman–Crippen LogP) is 2.13. The SMILES string of the molecule is O=C(O)CCC(Nc1nccc2cc3c(cc12)OCCCO3)C(=O)O. The second-order valence-corrected chi connectivity index (χ2v) is 5.70. The van der Waals surface area contributed by atoms with Crippen LogP contribution in [0.1, 0.15) is 19.3 Å². The molecule has 1 atom stereocenters. The molecule has 25 heavy (non-hydrogen) atoms. The molecule has 0 spiro atoms. The first kappa shape index (κ1) is 16.8. The monoisotopic (exact) mass is 346 g/mol. The van der Waals surface area contributed by atoms with Crippen LogP contribution in [-0.2, 0) is 9.59 Å². The van der Waals surface area contributed by atoms with Crippen LogP contribution in [0.3, 0.4) is 0 Å². The summed E-state index contributed by atoms with van der Waals surface area (Å²) in [6.45, 7) is 1.11. The lowest BCUT2D eigenvalue weighted by atomic mass is 10.1. The van der Waals surface area contributed by atoms with Crippen LogP contribution in [0.4, 0.5) is 5.82 Å². The van der Waals surface area contributed by atoms with Crippen LogP contribution >= 0.6 is 0 Å². The van der Waals surface area contributed by atoms with Gasteiger partial charge in [-0.15, -0.1) is 0 Å². The number of carboxylic acids is 2. The van der Waals surface area contributed by atoms with Gasteiger partial charge >= 0.3 is 11.9 Å². The third-order valence-electron chi connectivity index (χ3n) is 3.89. The molecule has 8 heteroatoms. The first-order valence-corrected chi connectivity index (χ1v) is 7.94. The lowest BCUT2D eigenvalue weighted by Crippen LogP contribution is -2.30. The molecule has 0 amide bonds. The zero-order valence-corrected chi connectivity index (χ0v) is 13.4. The van der Waals surface area contributed by atoms with Crippen molar-refractivity contribution >= 4 is 28.5 Å². The van der Waals surface area contributed by atoms with E-state index in [0.29, 0.717) is 35.9 Å². The van der Waals surface area contributed by atoms with Crippen LogP contribution in [-0.4, -0.2) is 46.4 Å². The number of pyridine rings is 1. The maximum absolute atomic E-state index is 11.4. The number of carboxylic acid groups (broad SMARTS) is 2. The van der Waals surface area contributed by atoms with E-state index in [1.807, 2.05) is 6.07 Å². The average molecular weight is 346 g/mol. The second kappa shape index (κ2) is 7.25. The molecule has 0 saturated heterocycles. The maximum Gasteiger partial charge on any atom is 0.326 e. The zero-order valence-electron chi connectivity index (χ0n) is 13.4. The Bertz CT molecular complexity index is 807. The number of fused-ring (bicyclic) bond motifs is 2. The maximum atomic E-state index is 11.4. The Morgan fingerprint density at radius 1 is 1.20 bits per heavy atom. The van der Waals surface area contributed by atoms with Crippen LogP contribution in [0.25, 0.3) is 10.8 Å². The number of benzene rings is 1. The molecule has 3 N–H and O–H groups in total. The number of nitrogens with zero attached hydrogens (tertiary/aromatic N) is 1. The fourth-order valence-electron chi connectivity index (χ4n) is 2.63. The van der Waals surface area contributed by atoms with Crippen molar-refractivity contribution in [3.8, 4) is 11.5 Å². The van der Waals surface area contributed by atoms with Gasteiger partial charge in [0.25, 0.3) is 0 Å². The molecule has 132 valence electrons. The summed E-state index contributed by atoms with van der Waals surface area (Å²) in [7, 11) is 0. The first-order chi connectivity index (χ1) is 12.0. The molecule has 1 unspecified atom stereocenters. The van der Waals surface area contributed by atoms with Gasteiger partial charge in [-0.05, 0) is 30.0 Å². The number of ether oxygens (including phenoxy) is 2. The van der Waals surface area contributed by atoms with E-state index in [4.69, 9.17) is 14.6 Å². The van der Waals surface area contributed by atoms with Crippen molar-refractivity contribution < 1.29 is 29.3 Å². The standard InChI is InChI=1S/C17H18N2O6/c20-15(21)3-2-12(17(22)23)19-16-11-9-14-13(24-6-1-7-25-14)8-10(11)4-5-18-16/h4-5,8-9,12H,1-3,6-7H2,(H,18,19)(H,20,21)(H,22,23). The Labute approximate surface area is 143 Å². The molecule has 3 rings (SSSR count). The Kier molecular flexibility index (Phi) is 4.87. The second-order valence-electron chi connectivity index (χ2n) is 5.70. The van der Waals surface area contributed by atoms with Gasteiger partial charge < -0.3 is 25.0 Å². The van der Waals surface area contributed by atoms with Gasteiger partial charge in [-0.2, -0.15) is 0 Å². The van der Waals surface area contributed by atoms with Crippen LogP contribution in [0, 0.1) is 0 Å². The number of hydrogen-bond acceptors (Lipinski definition) is 6. The summed E-state index contributed by atoms with van der Waals surface area (Å²) >= 11 is 0. The van der Waals surface area contributed by atoms with Crippen molar-refractivity contribution in [2.75, 3.05) is 18.5 Å². The minimum absolute atomic E-state index is 0.0483. The lowest BCUT2D eigenvalue weighted by molar-refractivity contribution is -0.139. The van der Waals surface area contributed by atoms with Crippen molar-refractivity contribution in [2.24, 2.45) is 0 Å². The number of nitrogens with one attached hydrogen (secondary N) is 1. The van der Waals surface area contributed by atoms with Gasteiger partial charge in [0.2, 0.25) is 0 Å². The smallest absolute Gasteiger partial charge is 0.326 e. The van der Waals surface area contributed by atoms with Gasteiger partial charge in [0, 0.05) is 24.4 Å². The Morgan fingerprint density at radius 3 is 2.60 bits per heavy atom. The molecule has 1 aromatic carbocycles.